The summed E-state index contributed by atoms with van der Waals surface area (Å²) in [5.74, 6) is 1.84. The van der Waals surface area contributed by atoms with E-state index in [1.807, 2.05) is 24.3 Å². The Labute approximate surface area is 238 Å². The molecule has 6 aromatic carbocycles. The zero-order valence-electron chi connectivity index (χ0n) is 22.8. The van der Waals surface area contributed by atoms with E-state index in [-0.39, 0.29) is 5.41 Å². The van der Waals surface area contributed by atoms with Crippen molar-refractivity contribution in [3.63, 3.8) is 0 Å². The monoisotopic (exact) mass is 526 g/mol. The minimum absolute atomic E-state index is 0.181. The van der Waals surface area contributed by atoms with Crippen LogP contribution in [0.4, 0.5) is 5.69 Å². The van der Waals surface area contributed by atoms with Crippen molar-refractivity contribution in [3.05, 3.63) is 144 Å². The van der Waals surface area contributed by atoms with Crippen molar-refractivity contribution in [2.24, 2.45) is 0 Å². The van der Waals surface area contributed by atoms with Crippen LogP contribution in [0.2, 0.25) is 0 Å². The van der Waals surface area contributed by atoms with Gasteiger partial charge in [0.25, 0.3) is 0 Å². The normalized spacial score (nSPS) is 13.5. The highest BCUT2D eigenvalue weighted by Gasteiger charge is 2.34. The summed E-state index contributed by atoms with van der Waals surface area (Å²) in [5.41, 5.74) is 8.49. The Hall–Kier alpha value is -5.33. The number of hydrogen-bond acceptors (Lipinski definition) is 1. The quantitative estimate of drug-likeness (QED) is 0.205. The van der Waals surface area contributed by atoms with Gasteiger partial charge < -0.3 is 9.30 Å². The van der Waals surface area contributed by atoms with Gasteiger partial charge in [0.1, 0.15) is 11.5 Å². The van der Waals surface area contributed by atoms with E-state index in [0.29, 0.717) is 5.69 Å². The van der Waals surface area contributed by atoms with Crippen molar-refractivity contribution in [2.75, 3.05) is 0 Å². The molecule has 0 amide bonds. The van der Waals surface area contributed by atoms with Gasteiger partial charge in [0.15, 0.2) is 5.69 Å². The van der Waals surface area contributed by atoms with Crippen LogP contribution < -0.4 is 4.74 Å². The number of ether oxygens (including phenoxy) is 1. The fourth-order valence-electron chi connectivity index (χ4n) is 6.55. The molecule has 0 radical (unpaired) electrons. The summed E-state index contributed by atoms with van der Waals surface area (Å²) < 4.78 is 8.65. The highest BCUT2D eigenvalue weighted by atomic mass is 16.5. The minimum atomic E-state index is -0.181. The molecule has 194 valence electrons. The smallest absolute Gasteiger partial charge is 0.188 e. The van der Waals surface area contributed by atoms with Crippen LogP contribution in [0.3, 0.4) is 0 Å². The highest BCUT2D eigenvalue weighted by molar-refractivity contribution is 6.12. The molecule has 0 atom stereocenters. The maximum absolute atomic E-state index is 7.67. The van der Waals surface area contributed by atoms with E-state index in [2.05, 4.69) is 120 Å². The lowest BCUT2D eigenvalue weighted by molar-refractivity contribution is 0.418. The maximum atomic E-state index is 7.67. The third-order valence-corrected chi connectivity index (χ3v) is 8.65. The highest BCUT2D eigenvalue weighted by Crippen LogP contribution is 2.49. The minimum Gasteiger partial charge on any atom is -0.457 e. The van der Waals surface area contributed by atoms with Crippen molar-refractivity contribution in [1.29, 1.82) is 0 Å². The molecule has 7 aromatic rings. The Morgan fingerprint density at radius 3 is 2.17 bits per heavy atom. The van der Waals surface area contributed by atoms with Crippen molar-refractivity contribution < 1.29 is 4.74 Å². The second-order valence-electron chi connectivity index (χ2n) is 11.3. The Morgan fingerprint density at radius 2 is 1.29 bits per heavy atom. The Bertz CT molecular complexity index is 2220. The number of rotatable bonds is 2. The summed E-state index contributed by atoms with van der Waals surface area (Å²) in [5, 5.41) is 4.62. The number of nitrogens with zero attached hydrogens (tertiary/aromatic N) is 2. The molecular weight excluding hydrogens is 500 g/mol. The van der Waals surface area contributed by atoms with Gasteiger partial charge in [-0.1, -0.05) is 86.6 Å². The maximum Gasteiger partial charge on any atom is 0.188 e. The first kappa shape index (κ1) is 23.5. The van der Waals surface area contributed by atoms with E-state index < -0.39 is 0 Å². The molecule has 1 aliphatic rings. The molecule has 3 nitrogen and oxygen atoms in total. The SMILES string of the molecule is [C-]#[N+]c1ccc2c(c1)c1cc(-c3ccc4c(c3)C(C)(C)c3ccccc3O4)ccc1n2-c1cccc2ccccc12. The summed E-state index contributed by atoms with van der Waals surface area (Å²) in [6, 6.07) is 42.5. The number of fused-ring (bicyclic) bond motifs is 6. The molecule has 1 aliphatic heterocycles. The van der Waals surface area contributed by atoms with Crippen molar-refractivity contribution in [1.82, 2.24) is 4.57 Å². The van der Waals surface area contributed by atoms with Crippen LogP contribution in [0.15, 0.2) is 121 Å². The summed E-state index contributed by atoms with van der Waals surface area (Å²) in [6.07, 6.45) is 0. The van der Waals surface area contributed by atoms with Gasteiger partial charge in [0, 0.05) is 27.3 Å². The summed E-state index contributed by atoms with van der Waals surface area (Å²) in [7, 11) is 0. The van der Waals surface area contributed by atoms with Gasteiger partial charge in [-0.05, 0) is 70.4 Å². The molecule has 0 bridgehead atoms. The molecule has 0 fully saturated rings. The molecule has 1 aromatic heterocycles. The van der Waals surface area contributed by atoms with E-state index in [1.54, 1.807) is 0 Å². The average Bonchev–Trinajstić information content (AvgIpc) is 3.33. The fraction of sp³-hybridized carbons (Fsp3) is 0.0789. The molecule has 0 N–H and O–H groups in total. The molecular formula is C38H26N2O. The topological polar surface area (TPSA) is 18.5 Å². The lowest BCUT2D eigenvalue weighted by Gasteiger charge is -2.34. The standard InChI is InChI=1S/C38H26N2O/c1-38(2)31-12-6-7-14-36(31)41-37-20-16-26(22-32(37)38)25-15-18-34-29(21-25)30-23-27(39-3)17-19-35(30)40(34)33-13-8-10-24-9-4-5-11-28(24)33/h4-23H,1-2H3. The Morgan fingerprint density at radius 1 is 0.610 bits per heavy atom. The predicted molar refractivity (Wildman–Crippen MR) is 169 cm³/mol. The number of benzene rings is 6. The molecule has 0 unspecified atom stereocenters. The summed E-state index contributed by atoms with van der Waals surface area (Å²) >= 11 is 0. The lowest BCUT2D eigenvalue weighted by Crippen LogP contribution is -2.24. The molecule has 0 saturated heterocycles. The van der Waals surface area contributed by atoms with Gasteiger partial charge in [0.2, 0.25) is 0 Å². The van der Waals surface area contributed by atoms with Gasteiger partial charge in [0.05, 0.1) is 23.3 Å². The van der Waals surface area contributed by atoms with E-state index in [4.69, 9.17) is 11.3 Å². The molecule has 8 rings (SSSR count). The van der Waals surface area contributed by atoms with E-state index in [0.717, 1.165) is 50.1 Å². The van der Waals surface area contributed by atoms with E-state index in [9.17, 15) is 0 Å². The van der Waals surface area contributed by atoms with Gasteiger partial charge in [-0.3, -0.25) is 0 Å². The second-order valence-corrected chi connectivity index (χ2v) is 11.3. The van der Waals surface area contributed by atoms with E-state index >= 15 is 0 Å². The molecule has 41 heavy (non-hydrogen) atoms. The van der Waals surface area contributed by atoms with Crippen LogP contribution in [-0.4, -0.2) is 4.57 Å². The number of para-hydroxylation sites is 1. The third kappa shape index (κ3) is 3.44. The van der Waals surface area contributed by atoms with Crippen LogP contribution in [0.5, 0.6) is 11.5 Å². The predicted octanol–water partition coefficient (Wildman–Crippen LogP) is 10.6. The summed E-state index contributed by atoms with van der Waals surface area (Å²) in [6.45, 7) is 12.2. The van der Waals surface area contributed by atoms with Crippen LogP contribution in [-0.2, 0) is 5.41 Å². The van der Waals surface area contributed by atoms with Crippen molar-refractivity contribution >= 4 is 38.3 Å². The van der Waals surface area contributed by atoms with Gasteiger partial charge >= 0.3 is 0 Å². The molecule has 0 spiro atoms. The first-order valence-electron chi connectivity index (χ1n) is 13.9. The van der Waals surface area contributed by atoms with Crippen LogP contribution in [0, 0.1) is 6.57 Å². The van der Waals surface area contributed by atoms with Crippen LogP contribution in [0.1, 0.15) is 25.0 Å². The summed E-state index contributed by atoms with van der Waals surface area (Å²) in [4.78, 5) is 3.75. The Balaban J connectivity index is 1.36. The third-order valence-electron chi connectivity index (χ3n) is 8.65. The lowest BCUT2D eigenvalue weighted by atomic mass is 9.75. The largest absolute Gasteiger partial charge is 0.457 e. The zero-order valence-corrected chi connectivity index (χ0v) is 22.8. The number of hydrogen-bond donors (Lipinski definition) is 0. The van der Waals surface area contributed by atoms with Gasteiger partial charge in [-0.2, -0.15) is 0 Å². The van der Waals surface area contributed by atoms with E-state index in [1.165, 1.54) is 21.9 Å². The molecule has 0 saturated carbocycles. The molecule has 0 aliphatic carbocycles. The molecule has 2 heterocycles. The van der Waals surface area contributed by atoms with Gasteiger partial charge in [-0.25, -0.2) is 4.85 Å². The molecule has 3 heteroatoms. The van der Waals surface area contributed by atoms with Crippen molar-refractivity contribution in [2.45, 2.75) is 19.3 Å². The Kier molecular flexibility index (Phi) is 4.93. The first-order valence-corrected chi connectivity index (χ1v) is 13.9. The van der Waals surface area contributed by atoms with Crippen LogP contribution >= 0.6 is 0 Å². The average molecular weight is 527 g/mol. The second kappa shape index (κ2) is 8.58. The van der Waals surface area contributed by atoms with Gasteiger partial charge in [-0.15, -0.1) is 0 Å². The van der Waals surface area contributed by atoms with Crippen LogP contribution in [0.25, 0.3) is 54.2 Å². The zero-order chi connectivity index (χ0) is 27.7. The first-order chi connectivity index (χ1) is 20.0. The number of aromatic nitrogens is 1. The fourth-order valence-corrected chi connectivity index (χ4v) is 6.55. The van der Waals surface area contributed by atoms with Crippen molar-refractivity contribution in [3.8, 4) is 28.3 Å².